The summed E-state index contributed by atoms with van der Waals surface area (Å²) < 4.78 is 39.4. The average Bonchev–Trinajstić information content (AvgIpc) is 2.46. The van der Waals surface area contributed by atoms with Crippen LogP contribution in [-0.4, -0.2) is 17.7 Å². The Morgan fingerprint density at radius 3 is 2.52 bits per heavy atom. The van der Waals surface area contributed by atoms with Crippen molar-refractivity contribution in [3.8, 4) is 0 Å². The van der Waals surface area contributed by atoms with E-state index >= 15 is 0 Å². The standard InChI is InChI=1S/C15H21F3N2O/c1-19-13(11-5-3-2-4-6-11)10-20-9-12(15(16,17)18)7-8-14(20)21/h7-9,11,13,19H,2-6,10H2,1H3. The average molecular weight is 302 g/mol. The van der Waals surface area contributed by atoms with Crippen LogP contribution in [0.25, 0.3) is 0 Å². The van der Waals surface area contributed by atoms with Gasteiger partial charge in [0.05, 0.1) is 5.56 Å². The number of pyridine rings is 1. The molecule has 1 unspecified atom stereocenters. The quantitative estimate of drug-likeness (QED) is 0.927. The zero-order valence-corrected chi connectivity index (χ0v) is 12.1. The fourth-order valence-electron chi connectivity index (χ4n) is 3.07. The Labute approximate surface area is 122 Å². The highest BCUT2D eigenvalue weighted by molar-refractivity contribution is 5.13. The maximum Gasteiger partial charge on any atom is 0.417 e. The lowest BCUT2D eigenvalue weighted by Crippen LogP contribution is -2.40. The Morgan fingerprint density at radius 1 is 1.29 bits per heavy atom. The molecule has 21 heavy (non-hydrogen) atoms. The topological polar surface area (TPSA) is 34.0 Å². The number of nitrogens with zero attached hydrogens (tertiary/aromatic N) is 1. The summed E-state index contributed by atoms with van der Waals surface area (Å²) >= 11 is 0. The van der Waals surface area contributed by atoms with Crippen LogP contribution in [0, 0.1) is 5.92 Å². The smallest absolute Gasteiger partial charge is 0.315 e. The summed E-state index contributed by atoms with van der Waals surface area (Å²) in [6.45, 7) is 0.282. The molecule has 3 nitrogen and oxygen atoms in total. The van der Waals surface area contributed by atoms with Crippen molar-refractivity contribution in [1.82, 2.24) is 9.88 Å². The number of hydrogen-bond donors (Lipinski definition) is 1. The van der Waals surface area contributed by atoms with Crippen LogP contribution in [0.2, 0.25) is 0 Å². The first-order valence-electron chi connectivity index (χ1n) is 7.37. The lowest BCUT2D eigenvalue weighted by atomic mass is 9.84. The van der Waals surface area contributed by atoms with Gasteiger partial charge in [-0.25, -0.2) is 0 Å². The number of rotatable bonds is 4. The van der Waals surface area contributed by atoms with Gasteiger partial charge >= 0.3 is 6.18 Å². The molecule has 0 saturated heterocycles. The molecular weight excluding hydrogens is 281 g/mol. The molecule has 1 aromatic rings. The number of halogens is 3. The van der Waals surface area contributed by atoms with Crippen molar-refractivity contribution < 1.29 is 13.2 Å². The van der Waals surface area contributed by atoms with Crippen LogP contribution in [0.4, 0.5) is 13.2 Å². The minimum atomic E-state index is -4.42. The summed E-state index contributed by atoms with van der Waals surface area (Å²) in [5, 5.41) is 3.16. The van der Waals surface area contributed by atoms with Crippen LogP contribution in [0.5, 0.6) is 0 Å². The normalized spacial score (nSPS) is 18.7. The van der Waals surface area contributed by atoms with Gasteiger partial charge in [-0.3, -0.25) is 4.79 Å². The molecule has 2 rings (SSSR count). The van der Waals surface area contributed by atoms with Gasteiger partial charge in [-0.1, -0.05) is 19.3 Å². The van der Waals surface area contributed by atoms with E-state index in [1.54, 1.807) is 7.05 Å². The number of likely N-dealkylation sites (N-methyl/N-ethyl adjacent to an activating group) is 1. The fraction of sp³-hybridized carbons (Fsp3) is 0.667. The Kier molecular flexibility index (Phi) is 5.08. The van der Waals surface area contributed by atoms with Gasteiger partial charge < -0.3 is 9.88 Å². The van der Waals surface area contributed by atoms with E-state index in [0.717, 1.165) is 44.0 Å². The third-order valence-corrected chi connectivity index (χ3v) is 4.29. The first-order valence-corrected chi connectivity index (χ1v) is 7.37. The maximum atomic E-state index is 12.7. The molecule has 1 aromatic heterocycles. The predicted molar refractivity (Wildman–Crippen MR) is 75.1 cm³/mol. The molecule has 0 bridgehead atoms. The highest BCUT2D eigenvalue weighted by atomic mass is 19.4. The summed E-state index contributed by atoms with van der Waals surface area (Å²) in [4.78, 5) is 11.8. The lowest BCUT2D eigenvalue weighted by molar-refractivity contribution is -0.138. The number of aromatic nitrogens is 1. The van der Waals surface area contributed by atoms with Crippen LogP contribution < -0.4 is 10.9 Å². The second kappa shape index (κ2) is 6.64. The highest BCUT2D eigenvalue weighted by Gasteiger charge is 2.31. The Morgan fingerprint density at radius 2 is 1.95 bits per heavy atom. The van der Waals surface area contributed by atoms with Crippen LogP contribution in [0.15, 0.2) is 23.1 Å². The van der Waals surface area contributed by atoms with E-state index in [1.165, 1.54) is 11.0 Å². The maximum absolute atomic E-state index is 12.7. The number of alkyl halides is 3. The molecule has 0 amide bonds. The monoisotopic (exact) mass is 302 g/mol. The molecule has 1 fully saturated rings. The van der Waals surface area contributed by atoms with Gasteiger partial charge in [0.1, 0.15) is 0 Å². The van der Waals surface area contributed by atoms with E-state index in [2.05, 4.69) is 5.32 Å². The molecule has 1 N–H and O–H groups in total. The van der Waals surface area contributed by atoms with E-state index < -0.39 is 11.7 Å². The van der Waals surface area contributed by atoms with Crippen molar-refractivity contribution in [3.05, 3.63) is 34.2 Å². The zero-order valence-electron chi connectivity index (χ0n) is 12.1. The SMILES string of the molecule is CNC(Cn1cc(C(F)(F)F)ccc1=O)C1CCCCC1. The van der Waals surface area contributed by atoms with Gasteiger partial charge in [-0.2, -0.15) is 13.2 Å². The first-order chi connectivity index (χ1) is 9.91. The second-order valence-electron chi connectivity index (χ2n) is 5.70. The Bertz CT molecular complexity index is 518. The fourth-order valence-corrected chi connectivity index (χ4v) is 3.07. The van der Waals surface area contributed by atoms with Crippen LogP contribution in [0.1, 0.15) is 37.7 Å². The van der Waals surface area contributed by atoms with Gasteiger partial charge in [0, 0.05) is 24.8 Å². The van der Waals surface area contributed by atoms with Crippen molar-refractivity contribution in [1.29, 1.82) is 0 Å². The summed E-state index contributed by atoms with van der Waals surface area (Å²) in [6, 6.07) is 1.87. The summed E-state index contributed by atoms with van der Waals surface area (Å²) in [6.07, 6.45) is 2.17. The molecule has 0 aliphatic heterocycles. The van der Waals surface area contributed by atoms with Gasteiger partial charge in [-0.05, 0) is 31.9 Å². The Hall–Kier alpha value is -1.30. The molecule has 1 heterocycles. The molecule has 0 spiro atoms. The van der Waals surface area contributed by atoms with E-state index in [0.29, 0.717) is 5.92 Å². The predicted octanol–water partition coefficient (Wildman–Crippen LogP) is 3.04. The summed E-state index contributed by atoms with van der Waals surface area (Å²) in [5.41, 5.74) is -1.17. The van der Waals surface area contributed by atoms with Crippen LogP contribution >= 0.6 is 0 Å². The van der Waals surface area contributed by atoms with Gasteiger partial charge in [0.25, 0.3) is 5.56 Å². The molecule has 0 radical (unpaired) electrons. The van der Waals surface area contributed by atoms with Crippen molar-refractivity contribution in [2.45, 2.75) is 50.9 Å². The van der Waals surface area contributed by atoms with E-state index in [-0.39, 0.29) is 18.1 Å². The molecule has 0 aromatic carbocycles. The van der Waals surface area contributed by atoms with Gasteiger partial charge in [0.2, 0.25) is 0 Å². The minimum Gasteiger partial charge on any atom is -0.315 e. The van der Waals surface area contributed by atoms with E-state index in [4.69, 9.17) is 0 Å². The molecule has 6 heteroatoms. The summed E-state index contributed by atoms with van der Waals surface area (Å²) in [7, 11) is 1.80. The van der Waals surface area contributed by atoms with Crippen molar-refractivity contribution in [2.24, 2.45) is 5.92 Å². The first kappa shape index (κ1) is 16.1. The van der Waals surface area contributed by atoms with Crippen LogP contribution in [-0.2, 0) is 12.7 Å². The zero-order chi connectivity index (χ0) is 15.5. The Balaban J connectivity index is 2.18. The molecule has 1 aliphatic rings. The van der Waals surface area contributed by atoms with E-state index in [1.807, 2.05) is 0 Å². The molecule has 1 saturated carbocycles. The largest absolute Gasteiger partial charge is 0.417 e. The third-order valence-electron chi connectivity index (χ3n) is 4.29. The third kappa shape index (κ3) is 4.09. The van der Waals surface area contributed by atoms with Crippen molar-refractivity contribution >= 4 is 0 Å². The number of nitrogens with one attached hydrogen (secondary N) is 1. The minimum absolute atomic E-state index is 0.0338. The number of hydrogen-bond acceptors (Lipinski definition) is 2. The van der Waals surface area contributed by atoms with Gasteiger partial charge in [0.15, 0.2) is 0 Å². The summed E-state index contributed by atoms with van der Waals surface area (Å²) in [5.74, 6) is 0.421. The van der Waals surface area contributed by atoms with Crippen molar-refractivity contribution in [3.63, 3.8) is 0 Å². The molecule has 1 aliphatic carbocycles. The van der Waals surface area contributed by atoms with E-state index in [9.17, 15) is 18.0 Å². The second-order valence-corrected chi connectivity index (χ2v) is 5.70. The van der Waals surface area contributed by atoms with Gasteiger partial charge in [-0.15, -0.1) is 0 Å². The lowest BCUT2D eigenvalue weighted by Gasteiger charge is -2.30. The molecule has 1 atom stereocenters. The van der Waals surface area contributed by atoms with Crippen LogP contribution in [0.3, 0.4) is 0 Å². The molecule has 118 valence electrons. The van der Waals surface area contributed by atoms with Crippen molar-refractivity contribution in [2.75, 3.05) is 7.05 Å². The molecular formula is C15H21F3N2O. The highest BCUT2D eigenvalue weighted by Crippen LogP contribution is 2.29.